The van der Waals surface area contributed by atoms with Gasteiger partial charge in [0.2, 0.25) is 0 Å². The molecule has 0 bridgehead atoms. The first-order valence-corrected chi connectivity index (χ1v) is 6.15. The van der Waals surface area contributed by atoms with Gasteiger partial charge in [-0.15, -0.1) is 0 Å². The fourth-order valence-electron chi connectivity index (χ4n) is 2.40. The highest BCUT2D eigenvalue weighted by atomic mass is 14.1. The van der Waals surface area contributed by atoms with Crippen molar-refractivity contribution in [3.8, 4) is 11.1 Å². The third kappa shape index (κ3) is 1.70. The maximum Gasteiger partial charge on any atom is 0.0629 e. The lowest BCUT2D eigenvalue weighted by molar-refractivity contribution is 1.67. The van der Waals surface area contributed by atoms with Gasteiger partial charge in [-0.25, -0.2) is 0 Å². The first-order chi connectivity index (χ1) is 13.7. The number of hydrogen-bond donors (Lipinski definition) is 0. The fourth-order valence-corrected chi connectivity index (χ4v) is 2.40. The molecule has 0 saturated heterocycles. The highest BCUT2D eigenvalue weighted by Crippen LogP contribution is 2.35. The molecule has 0 fully saturated rings. The van der Waals surface area contributed by atoms with Crippen molar-refractivity contribution in [2.75, 3.05) is 0 Å². The molecule has 0 aliphatic heterocycles. The van der Waals surface area contributed by atoms with Gasteiger partial charge >= 0.3 is 0 Å². The second-order valence-electron chi connectivity index (χ2n) is 4.40. The Morgan fingerprint density at radius 2 is 1.40 bits per heavy atom. The highest BCUT2D eigenvalue weighted by molar-refractivity contribution is 6.12. The Morgan fingerprint density at radius 3 is 2.30 bits per heavy atom. The van der Waals surface area contributed by atoms with E-state index < -0.39 is 36.3 Å². The molecule has 0 heterocycles. The topological polar surface area (TPSA) is 0 Å². The van der Waals surface area contributed by atoms with Crippen LogP contribution in [0.4, 0.5) is 0 Å². The fraction of sp³-hybridized carbons (Fsp3) is 0. The van der Waals surface area contributed by atoms with Gasteiger partial charge in [-0.2, -0.15) is 0 Å². The molecule has 0 aliphatic rings. The summed E-state index contributed by atoms with van der Waals surface area (Å²) in [6.07, 6.45) is 0. The first kappa shape index (κ1) is 5.41. The Balaban J connectivity index is 2.39. The van der Waals surface area contributed by atoms with Crippen LogP contribution in [0.3, 0.4) is 0 Å². The van der Waals surface area contributed by atoms with Crippen LogP contribution in [-0.2, 0) is 0 Å². The third-order valence-electron chi connectivity index (χ3n) is 3.25. The molecule has 4 aromatic carbocycles. The van der Waals surface area contributed by atoms with E-state index in [-0.39, 0.29) is 40.0 Å². The molecule has 0 aromatic heterocycles. The molecule has 0 unspecified atom stereocenters. The van der Waals surface area contributed by atoms with Crippen LogP contribution in [0.1, 0.15) is 12.3 Å². The lowest BCUT2D eigenvalue weighted by Gasteiger charge is -2.11. The lowest BCUT2D eigenvalue weighted by atomic mass is 9.92. The summed E-state index contributed by atoms with van der Waals surface area (Å²) in [5, 5.41) is 1.56. The summed E-state index contributed by atoms with van der Waals surface area (Å²) in [4.78, 5) is 0. The van der Waals surface area contributed by atoms with Gasteiger partial charge in [0.25, 0.3) is 0 Å². The smallest absolute Gasteiger partial charge is 0.0622 e. The number of rotatable bonds is 1. The normalized spacial score (nSPS) is 17.3. The molecule has 94 valence electrons. The van der Waals surface area contributed by atoms with E-state index in [2.05, 4.69) is 0 Å². The summed E-state index contributed by atoms with van der Waals surface area (Å²) >= 11 is 0. The monoisotopic (exact) mass is 263 g/mol. The SMILES string of the molecule is [2H]c1c([2H])c([2H])c(-c2c3ccccc3cc3c([2H])c([2H])c([2H])c([2H])c23)c([2H])c1[2H]. The van der Waals surface area contributed by atoms with E-state index in [4.69, 9.17) is 12.3 Å². The number of benzene rings is 4. The predicted octanol–water partition coefficient (Wildman–Crippen LogP) is 5.66. The minimum absolute atomic E-state index is 0.0807. The molecule has 0 amide bonds. The highest BCUT2D eigenvalue weighted by Gasteiger charge is 2.08. The van der Waals surface area contributed by atoms with Crippen LogP contribution in [0.15, 0.2) is 84.7 Å². The van der Waals surface area contributed by atoms with Crippen LogP contribution in [0, 0.1) is 0 Å². The van der Waals surface area contributed by atoms with E-state index in [9.17, 15) is 0 Å². The van der Waals surface area contributed by atoms with Crippen LogP contribution in [0.2, 0.25) is 0 Å². The quantitative estimate of drug-likeness (QED) is 0.389. The Hall–Kier alpha value is -2.60. The molecule has 0 spiro atoms. The van der Waals surface area contributed by atoms with Gasteiger partial charge in [-0.05, 0) is 38.7 Å². The standard InChI is InChI=1S/C20H14/c1-2-8-15(9-3-1)20-18-12-6-4-10-16(18)14-17-11-5-7-13-19(17)20/h1-14H/i1D,2D,3D,4D,6D,8D,9D,10D,12D. The van der Waals surface area contributed by atoms with E-state index >= 15 is 0 Å². The zero-order chi connectivity index (χ0) is 21.2. The van der Waals surface area contributed by atoms with Crippen molar-refractivity contribution in [3.63, 3.8) is 0 Å². The summed E-state index contributed by atoms with van der Waals surface area (Å²) in [6, 6.07) is 4.90. The van der Waals surface area contributed by atoms with Gasteiger partial charge in [0.1, 0.15) is 0 Å². The van der Waals surface area contributed by atoms with Gasteiger partial charge in [0, 0.05) is 0 Å². The molecular formula is C20H14. The molecule has 4 aromatic rings. The first-order valence-electron chi connectivity index (χ1n) is 10.7. The van der Waals surface area contributed by atoms with Gasteiger partial charge < -0.3 is 0 Å². The Morgan fingerprint density at radius 1 is 0.650 bits per heavy atom. The Kier molecular flexibility index (Phi) is 1.22. The van der Waals surface area contributed by atoms with E-state index in [0.29, 0.717) is 10.8 Å². The largest absolute Gasteiger partial charge is 0.0629 e. The van der Waals surface area contributed by atoms with Crippen LogP contribution >= 0.6 is 0 Å². The zero-order valence-electron chi connectivity index (χ0n) is 19.4. The molecule has 20 heavy (non-hydrogen) atoms. The molecule has 0 N–H and O–H groups in total. The van der Waals surface area contributed by atoms with Crippen LogP contribution in [-0.4, -0.2) is 0 Å². The summed E-state index contributed by atoms with van der Waals surface area (Å²) in [5.74, 6) is 0. The maximum atomic E-state index is 8.44. The average Bonchev–Trinajstić information content (AvgIpc) is 2.73. The van der Waals surface area contributed by atoms with Gasteiger partial charge in [0.15, 0.2) is 0 Å². The van der Waals surface area contributed by atoms with Crippen molar-refractivity contribution in [2.45, 2.75) is 0 Å². The van der Waals surface area contributed by atoms with Crippen molar-refractivity contribution in [3.05, 3.63) is 84.7 Å². The van der Waals surface area contributed by atoms with E-state index in [0.717, 1.165) is 0 Å². The minimum Gasteiger partial charge on any atom is -0.0622 e. The van der Waals surface area contributed by atoms with Gasteiger partial charge in [0.05, 0.1) is 12.3 Å². The average molecular weight is 263 g/mol. The summed E-state index contributed by atoms with van der Waals surface area (Å²) < 4.78 is 73.4. The lowest BCUT2D eigenvalue weighted by Crippen LogP contribution is -1.84. The molecule has 0 saturated carbocycles. The third-order valence-corrected chi connectivity index (χ3v) is 3.25. The van der Waals surface area contributed by atoms with Crippen molar-refractivity contribution in [1.82, 2.24) is 0 Å². The molecule has 0 heteroatoms. The summed E-state index contributed by atoms with van der Waals surface area (Å²) in [7, 11) is 0. The van der Waals surface area contributed by atoms with Crippen LogP contribution < -0.4 is 0 Å². The molecule has 0 nitrogen and oxygen atoms in total. The van der Waals surface area contributed by atoms with Crippen molar-refractivity contribution < 1.29 is 12.3 Å². The predicted molar refractivity (Wildman–Crippen MR) is 86.9 cm³/mol. The molecule has 0 radical (unpaired) electrons. The number of hydrogen-bond acceptors (Lipinski definition) is 0. The maximum absolute atomic E-state index is 8.44. The van der Waals surface area contributed by atoms with Crippen molar-refractivity contribution >= 4 is 21.5 Å². The van der Waals surface area contributed by atoms with Gasteiger partial charge in [-0.1, -0.05) is 78.6 Å². The summed E-state index contributed by atoms with van der Waals surface area (Å²) in [6.45, 7) is 0. The second-order valence-corrected chi connectivity index (χ2v) is 4.40. The van der Waals surface area contributed by atoms with Crippen LogP contribution in [0.25, 0.3) is 32.7 Å². The zero-order valence-corrected chi connectivity index (χ0v) is 10.4. The molecule has 4 rings (SSSR count). The van der Waals surface area contributed by atoms with E-state index in [1.54, 1.807) is 30.3 Å². The molecule has 0 atom stereocenters. The van der Waals surface area contributed by atoms with E-state index in [1.165, 1.54) is 0 Å². The van der Waals surface area contributed by atoms with Crippen LogP contribution in [0.5, 0.6) is 0 Å². The Labute approximate surface area is 130 Å². The van der Waals surface area contributed by atoms with E-state index in [1.807, 2.05) is 0 Å². The molecule has 0 aliphatic carbocycles. The Bertz CT molecular complexity index is 1310. The van der Waals surface area contributed by atoms with Crippen molar-refractivity contribution in [2.24, 2.45) is 0 Å². The summed E-state index contributed by atoms with van der Waals surface area (Å²) in [5.41, 5.74) is 0.130. The second kappa shape index (κ2) is 4.50. The van der Waals surface area contributed by atoms with Gasteiger partial charge in [-0.3, -0.25) is 0 Å². The molecular weight excluding hydrogens is 240 g/mol. The minimum atomic E-state index is -0.518. The van der Waals surface area contributed by atoms with Crippen molar-refractivity contribution in [1.29, 1.82) is 0 Å². The number of fused-ring (bicyclic) bond motifs is 2.